The molecule has 0 aromatic rings. The average molecular weight is 213 g/mol. The standard InChI is InChI=1S/C13H27NO/c1-11(2)10-12(14)13(15)8-6-4-3-5-7-9-13/h11-12,15H,3-10,14H2,1-2H3. The monoisotopic (exact) mass is 213 g/mol. The predicted octanol–water partition coefficient (Wildman–Crippen LogP) is 2.84. The van der Waals surface area contributed by atoms with Crippen LogP contribution in [0.2, 0.25) is 0 Å². The molecule has 2 nitrogen and oxygen atoms in total. The van der Waals surface area contributed by atoms with Crippen LogP contribution in [0.3, 0.4) is 0 Å². The first-order valence-corrected chi connectivity index (χ1v) is 6.52. The Morgan fingerprint density at radius 2 is 1.53 bits per heavy atom. The van der Waals surface area contributed by atoms with E-state index in [-0.39, 0.29) is 6.04 Å². The van der Waals surface area contributed by atoms with Crippen LogP contribution < -0.4 is 5.73 Å². The van der Waals surface area contributed by atoms with Gasteiger partial charge in [0.15, 0.2) is 0 Å². The lowest BCUT2D eigenvalue weighted by Crippen LogP contribution is -2.49. The van der Waals surface area contributed by atoms with Crippen molar-refractivity contribution in [3.05, 3.63) is 0 Å². The van der Waals surface area contributed by atoms with Crippen LogP contribution in [-0.4, -0.2) is 16.7 Å². The van der Waals surface area contributed by atoms with Crippen molar-refractivity contribution in [2.75, 3.05) is 0 Å². The van der Waals surface area contributed by atoms with Gasteiger partial charge in [-0.15, -0.1) is 0 Å². The Labute approximate surface area is 94.2 Å². The van der Waals surface area contributed by atoms with E-state index in [9.17, 15) is 5.11 Å². The molecule has 90 valence electrons. The maximum absolute atomic E-state index is 10.6. The number of hydrogen-bond donors (Lipinski definition) is 2. The summed E-state index contributed by atoms with van der Waals surface area (Å²) in [6, 6.07) is -0.0319. The molecule has 1 unspecified atom stereocenters. The Balaban J connectivity index is 2.51. The summed E-state index contributed by atoms with van der Waals surface area (Å²) in [6.45, 7) is 4.35. The molecule has 1 aliphatic rings. The van der Waals surface area contributed by atoms with Gasteiger partial charge in [0.05, 0.1) is 5.60 Å². The van der Waals surface area contributed by atoms with Gasteiger partial charge in [-0.3, -0.25) is 0 Å². The summed E-state index contributed by atoms with van der Waals surface area (Å²) in [5, 5.41) is 10.6. The highest BCUT2D eigenvalue weighted by atomic mass is 16.3. The molecule has 1 aliphatic carbocycles. The highest BCUT2D eigenvalue weighted by Gasteiger charge is 2.34. The average Bonchev–Trinajstić information content (AvgIpc) is 2.10. The van der Waals surface area contributed by atoms with E-state index in [2.05, 4.69) is 13.8 Å². The summed E-state index contributed by atoms with van der Waals surface area (Å²) < 4.78 is 0. The molecule has 0 heterocycles. The van der Waals surface area contributed by atoms with Gasteiger partial charge in [0, 0.05) is 6.04 Å². The SMILES string of the molecule is CC(C)CC(N)C1(O)CCCCCCC1. The molecule has 1 saturated carbocycles. The molecule has 15 heavy (non-hydrogen) atoms. The van der Waals surface area contributed by atoms with E-state index in [1.165, 1.54) is 19.3 Å². The molecule has 0 radical (unpaired) electrons. The second kappa shape index (κ2) is 5.86. The van der Waals surface area contributed by atoms with Crippen molar-refractivity contribution in [2.24, 2.45) is 11.7 Å². The van der Waals surface area contributed by atoms with Gasteiger partial charge in [-0.05, 0) is 25.2 Å². The van der Waals surface area contributed by atoms with E-state index in [0.29, 0.717) is 5.92 Å². The number of rotatable bonds is 3. The van der Waals surface area contributed by atoms with Crippen molar-refractivity contribution in [3.8, 4) is 0 Å². The third kappa shape index (κ3) is 4.12. The van der Waals surface area contributed by atoms with E-state index in [0.717, 1.165) is 32.1 Å². The van der Waals surface area contributed by atoms with E-state index in [1.807, 2.05) is 0 Å². The zero-order chi connectivity index (χ0) is 11.3. The smallest absolute Gasteiger partial charge is 0.0798 e. The lowest BCUT2D eigenvalue weighted by Gasteiger charge is -2.36. The van der Waals surface area contributed by atoms with Gasteiger partial charge in [0.1, 0.15) is 0 Å². The minimum atomic E-state index is -0.579. The maximum Gasteiger partial charge on any atom is 0.0798 e. The summed E-state index contributed by atoms with van der Waals surface area (Å²) in [4.78, 5) is 0. The minimum absolute atomic E-state index is 0.0319. The van der Waals surface area contributed by atoms with Gasteiger partial charge in [-0.25, -0.2) is 0 Å². The molecule has 1 atom stereocenters. The molecule has 0 aromatic heterocycles. The molecule has 3 N–H and O–H groups in total. The summed E-state index contributed by atoms with van der Waals surface area (Å²) >= 11 is 0. The van der Waals surface area contributed by atoms with E-state index in [4.69, 9.17) is 5.73 Å². The first-order chi connectivity index (χ1) is 7.04. The summed E-state index contributed by atoms with van der Waals surface area (Å²) in [6.07, 6.45) is 8.88. The van der Waals surface area contributed by atoms with Crippen LogP contribution in [0.15, 0.2) is 0 Å². The lowest BCUT2D eigenvalue weighted by atomic mass is 9.79. The van der Waals surface area contributed by atoms with Crippen molar-refractivity contribution in [1.29, 1.82) is 0 Å². The topological polar surface area (TPSA) is 46.2 Å². The van der Waals surface area contributed by atoms with Crippen molar-refractivity contribution < 1.29 is 5.11 Å². The number of aliphatic hydroxyl groups is 1. The van der Waals surface area contributed by atoms with Gasteiger partial charge >= 0.3 is 0 Å². The van der Waals surface area contributed by atoms with E-state index < -0.39 is 5.60 Å². The fourth-order valence-electron chi connectivity index (χ4n) is 2.62. The third-order valence-electron chi connectivity index (χ3n) is 3.63. The Bertz CT molecular complexity index is 171. The summed E-state index contributed by atoms with van der Waals surface area (Å²) in [7, 11) is 0. The normalized spacial score (nSPS) is 24.6. The molecule has 0 spiro atoms. The molecule has 0 bridgehead atoms. The number of nitrogens with two attached hydrogens (primary N) is 1. The first kappa shape index (κ1) is 13.0. The van der Waals surface area contributed by atoms with Gasteiger partial charge < -0.3 is 10.8 Å². The molecule has 2 heteroatoms. The van der Waals surface area contributed by atoms with Crippen LogP contribution in [0.1, 0.15) is 65.2 Å². The minimum Gasteiger partial charge on any atom is -0.388 e. The fourth-order valence-corrected chi connectivity index (χ4v) is 2.62. The lowest BCUT2D eigenvalue weighted by molar-refractivity contribution is -0.0154. The fraction of sp³-hybridized carbons (Fsp3) is 1.00. The highest BCUT2D eigenvalue weighted by Crippen LogP contribution is 2.30. The predicted molar refractivity (Wildman–Crippen MR) is 64.7 cm³/mol. The van der Waals surface area contributed by atoms with E-state index in [1.54, 1.807) is 0 Å². The second-order valence-corrected chi connectivity index (χ2v) is 5.61. The quantitative estimate of drug-likeness (QED) is 0.757. The van der Waals surface area contributed by atoms with Crippen molar-refractivity contribution in [1.82, 2.24) is 0 Å². The second-order valence-electron chi connectivity index (χ2n) is 5.61. The first-order valence-electron chi connectivity index (χ1n) is 6.52. The third-order valence-corrected chi connectivity index (χ3v) is 3.63. The zero-order valence-electron chi connectivity index (χ0n) is 10.3. The van der Waals surface area contributed by atoms with Gasteiger partial charge in [0.25, 0.3) is 0 Å². The Morgan fingerprint density at radius 3 is 2.00 bits per heavy atom. The molecule has 0 aromatic carbocycles. The molecule has 0 aliphatic heterocycles. The summed E-state index contributed by atoms with van der Waals surface area (Å²) in [5.41, 5.74) is 5.58. The van der Waals surface area contributed by atoms with Gasteiger partial charge in [-0.2, -0.15) is 0 Å². The van der Waals surface area contributed by atoms with Crippen LogP contribution in [-0.2, 0) is 0 Å². The van der Waals surface area contributed by atoms with Gasteiger partial charge in [0.2, 0.25) is 0 Å². The molecule has 1 fully saturated rings. The molecular weight excluding hydrogens is 186 g/mol. The molecule has 0 saturated heterocycles. The van der Waals surface area contributed by atoms with Crippen LogP contribution in [0.25, 0.3) is 0 Å². The Morgan fingerprint density at radius 1 is 1.07 bits per heavy atom. The highest BCUT2D eigenvalue weighted by molar-refractivity contribution is 4.90. The molecule has 1 rings (SSSR count). The molecule has 0 amide bonds. The number of hydrogen-bond acceptors (Lipinski definition) is 2. The van der Waals surface area contributed by atoms with Crippen LogP contribution in [0.5, 0.6) is 0 Å². The van der Waals surface area contributed by atoms with Crippen LogP contribution >= 0.6 is 0 Å². The summed E-state index contributed by atoms with van der Waals surface area (Å²) in [5.74, 6) is 0.578. The molecular formula is C13H27NO. The van der Waals surface area contributed by atoms with Crippen LogP contribution in [0, 0.1) is 5.92 Å². The van der Waals surface area contributed by atoms with E-state index >= 15 is 0 Å². The Hall–Kier alpha value is -0.0800. The maximum atomic E-state index is 10.6. The van der Waals surface area contributed by atoms with Crippen molar-refractivity contribution >= 4 is 0 Å². The van der Waals surface area contributed by atoms with Crippen molar-refractivity contribution in [2.45, 2.75) is 76.9 Å². The Kier molecular flexibility index (Phi) is 5.07. The van der Waals surface area contributed by atoms with Crippen LogP contribution in [0.4, 0.5) is 0 Å². The van der Waals surface area contributed by atoms with Gasteiger partial charge in [-0.1, -0.05) is 46.0 Å². The zero-order valence-corrected chi connectivity index (χ0v) is 10.3. The largest absolute Gasteiger partial charge is 0.388 e. The van der Waals surface area contributed by atoms with Crippen molar-refractivity contribution in [3.63, 3.8) is 0 Å².